The molecule has 0 saturated carbocycles. The quantitative estimate of drug-likeness (QED) is 0.479. The lowest BCUT2D eigenvalue weighted by atomic mass is 9.92. The molecule has 1 unspecified atom stereocenters. The maximum Gasteiger partial charge on any atom is 0.325 e. The summed E-state index contributed by atoms with van der Waals surface area (Å²) in [5.74, 6) is -1.12. The summed E-state index contributed by atoms with van der Waals surface area (Å²) >= 11 is 0. The lowest BCUT2D eigenvalue weighted by Gasteiger charge is -2.22. The number of hydrogen-bond acceptors (Lipinski definition) is 5. The van der Waals surface area contributed by atoms with Crippen LogP contribution in [0.3, 0.4) is 0 Å². The third-order valence-electron chi connectivity index (χ3n) is 6.34. The van der Waals surface area contributed by atoms with Gasteiger partial charge in [-0.15, -0.1) is 0 Å². The van der Waals surface area contributed by atoms with Gasteiger partial charge in [0.1, 0.15) is 12.1 Å². The van der Waals surface area contributed by atoms with Gasteiger partial charge in [-0.2, -0.15) is 0 Å². The van der Waals surface area contributed by atoms with E-state index in [1.807, 2.05) is 24.3 Å². The van der Waals surface area contributed by atoms with Crippen LogP contribution in [-0.2, 0) is 28.1 Å². The first-order valence-corrected chi connectivity index (χ1v) is 11.3. The van der Waals surface area contributed by atoms with Crippen LogP contribution in [-0.4, -0.2) is 40.2 Å². The molecule has 2 aliphatic rings. The predicted octanol–water partition coefficient (Wildman–Crippen LogP) is 2.34. The number of imide groups is 1. The van der Waals surface area contributed by atoms with Crippen LogP contribution in [0.25, 0.3) is 0 Å². The summed E-state index contributed by atoms with van der Waals surface area (Å²) in [5, 5.41) is 8.37. The van der Waals surface area contributed by atoms with Crippen LogP contribution in [0.4, 0.5) is 10.5 Å². The number of pyridine rings is 1. The van der Waals surface area contributed by atoms with Crippen molar-refractivity contribution in [1.82, 2.24) is 20.5 Å². The molecule has 0 bridgehead atoms. The number of nitrogens with zero attached hydrogens (tertiary/aromatic N) is 2. The summed E-state index contributed by atoms with van der Waals surface area (Å²) in [4.78, 5) is 55.6. The maximum absolute atomic E-state index is 13.2. The topological polar surface area (TPSA) is 121 Å². The minimum Gasteiger partial charge on any atom is -0.350 e. The lowest BCUT2D eigenvalue weighted by molar-refractivity contribution is -0.135. The Morgan fingerprint density at radius 3 is 2.66 bits per heavy atom. The van der Waals surface area contributed by atoms with E-state index < -0.39 is 23.4 Å². The summed E-state index contributed by atoms with van der Waals surface area (Å²) in [6, 6.07) is 17.3. The molecule has 9 nitrogen and oxygen atoms in total. The van der Waals surface area contributed by atoms with Crippen molar-refractivity contribution in [2.45, 2.75) is 24.9 Å². The highest BCUT2D eigenvalue weighted by atomic mass is 16.2. The van der Waals surface area contributed by atoms with Crippen LogP contribution >= 0.6 is 0 Å². The zero-order valence-corrected chi connectivity index (χ0v) is 18.8. The van der Waals surface area contributed by atoms with Crippen molar-refractivity contribution >= 4 is 29.4 Å². The average Bonchev–Trinajstić information content (AvgIpc) is 3.36. The molecule has 1 saturated heterocycles. The fourth-order valence-corrected chi connectivity index (χ4v) is 4.60. The Morgan fingerprint density at radius 1 is 1.03 bits per heavy atom. The molecule has 3 aromatic rings. The molecule has 176 valence electrons. The van der Waals surface area contributed by atoms with Crippen LogP contribution in [0.5, 0.6) is 0 Å². The summed E-state index contributed by atoms with van der Waals surface area (Å²) in [6.07, 6.45) is 4.25. The van der Waals surface area contributed by atoms with Gasteiger partial charge < -0.3 is 16.0 Å². The van der Waals surface area contributed by atoms with E-state index in [4.69, 9.17) is 0 Å². The highest BCUT2D eigenvalue weighted by Gasteiger charge is 2.55. The van der Waals surface area contributed by atoms with Gasteiger partial charge in [0.05, 0.1) is 0 Å². The van der Waals surface area contributed by atoms with Crippen molar-refractivity contribution < 1.29 is 19.2 Å². The Morgan fingerprint density at radius 2 is 1.83 bits per heavy atom. The summed E-state index contributed by atoms with van der Waals surface area (Å²) in [5.41, 5.74) is 2.55. The van der Waals surface area contributed by atoms with E-state index in [9.17, 15) is 19.2 Å². The predicted molar refractivity (Wildman–Crippen MR) is 127 cm³/mol. The van der Waals surface area contributed by atoms with Crippen LogP contribution < -0.4 is 16.0 Å². The number of aromatic nitrogens is 1. The van der Waals surface area contributed by atoms with Gasteiger partial charge in [-0.1, -0.05) is 36.4 Å². The molecule has 2 heterocycles. The maximum atomic E-state index is 13.2. The zero-order chi connectivity index (χ0) is 24.4. The molecular formula is C26H23N5O4. The van der Waals surface area contributed by atoms with Gasteiger partial charge in [0.15, 0.2) is 0 Å². The van der Waals surface area contributed by atoms with Gasteiger partial charge in [0.2, 0.25) is 5.91 Å². The molecule has 0 radical (unpaired) electrons. The van der Waals surface area contributed by atoms with Crippen molar-refractivity contribution in [2.24, 2.45) is 0 Å². The van der Waals surface area contributed by atoms with Crippen LogP contribution in [0, 0.1) is 0 Å². The third-order valence-corrected chi connectivity index (χ3v) is 6.34. The first-order valence-electron chi connectivity index (χ1n) is 11.3. The van der Waals surface area contributed by atoms with E-state index in [1.54, 1.807) is 48.8 Å². The first-order chi connectivity index (χ1) is 17.0. The largest absolute Gasteiger partial charge is 0.350 e. The average molecular weight is 470 g/mol. The van der Waals surface area contributed by atoms with Gasteiger partial charge in [-0.3, -0.25) is 24.3 Å². The third kappa shape index (κ3) is 4.23. The van der Waals surface area contributed by atoms with E-state index in [1.165, 1.54) is 0 Å². The highest BCUT2D eigenvalue weighted by molar-refractivity contribution is 6.10. The number of rotatable bonds is 6. The molecule has 1 aliphatic carbocycles. The van der Waals surface area contributed by atoms with Crippen molar-refractivity contribution in [3.05, 3.63) is 95.3 Å². The lowest BCUT2D eigenvalue weighted by Crippen LogP contribution is -2.43. The van der Waals surface area contributed by atoms with Crippen molar-refractivity contribution in [3.8, 4) is 0 Å². The SMILES string of the molecule is O=C(CN1C(=O)NC2(CCc3ccccc32)C1=O)NCc1cccc(NC(=O)c2ccncc2)c1. The second-order valence-corrected chi connectivity index (χ2v) is 8.55. The number of anilines is 1. The number of urea groups is 1. The monoisotopic (exact) mass is 469 g/mol. The molecule has 1 aromatic heterocycles. The Kier molecular flexibility index (Phi) is 5.74. The summed E-state index contributed by atoms with van der Waals surface area (Å²) in [7, 11) is 0. The van der Waals surface area contributed by atoms with E-state index in [2.05, 4.69) is 20.9 Å². The molecule has 1 aliphatic heterocycles. The second kappa shape index (κ2) is 9.02. The van der Waals surface area contributed by atoms with Crippen LogP contribution in [0.15, 0.2) is 73.1 Å². The number of nitrogens with one attached hydrogen (secondary N) is 3. The Balaban J connectivity index is 1.19. The van der Waals surface area contributed by atoms with Gasteiger partial charge in [0, 0.05) is 30.2 Å². The number of hydrogen-bond donors (Lipinski definition) is 3. The highest BCUT2D eigenvalue weighted by Crippen LogP contribution is 2.41. The smallest absolute Gasteiger partial charge is 0.325 e. The van der Waals surface area contributed by atoms with Crippen LogP contribution in [0.2, 0.25) is 0 Å². The standard InChI is InChI=1S/C26H23N5O4/c32-22(16-31-24(34)26(30-25(31)35)11-8-18-5-1-2-7-21(18)26)28-15-17-4-3-6-20(14-17)29-23(33)19-9-12-27-13-10-19/h1-7,9-10,12-14H,8,11,15-16H2,(H,28,32)(H,29,33)(H,30,35). The summed E-state index contributed by atoms with van der Waals surface area (Å²) < 4.78 is 0. The van der Waals surface area contributed by atoms with E-state index >= 15 is 0 Å². The summed E-state index contributed by atoms with van der Waals surface area (Å²) in [6.45, 7) is -0.192. The Labute approximate surface area is 201 Å². The van der Waals surface area contributed by atoms with Gasteiger partial charge in [-0.25, -0.2) is 4.79 Å². The Hall–Kier alpha value is -4.53. The van der Waals surface area contributed by atoms with Crippen molar-refractivity contribution in [3.63, 3.8) is 0 Å². The van der Waals surface area contributed by atoms with Gasteiger partial charge in [0.25, 0.3) is 11.8 Å². The minimum atomic E-state index is -1.09. The van der Waals surface area contributed by atoms with E-state index in [0.717, 1.165) is 21.6 Å². The minimum absolute atomic E-state index is 0.176. The van der Waals surface area contributed by atoms with Crippen molar-refractivity contribution in [2.75, 3.05) is 11.9 Å². The number of aryl methyl sites for hydroxylation is 1. The molecular weight excluding hydrogens is 446 g/mol. The molecule has 5 rings (SSSR count). The molecule has 2 aromatic carbocycles. The fraction of sp³-hybridized carbons (Fsp3) is 0.192. The van der Waals surface area contributed by atoms with E-state index in [0.29, 0.717) is 24.1 Å². The number of amides is 5. The zero-order valence-electron chi connectivity index (χ0n) is 18.8. The number of fused-ring (bicyclic) bond motifs is 2. The number of benzene rings is 2. The normalized spacial score (nSPS) is 18.3. The molecule has 1 atom stereocenters. The molecule has 3 N–H and O–H groups in total. The van der Waals surface area contributed by atoms with E-state index in [-0.39, 0.29) is 19.0 Å². The van der Waals surface area contributed by atoms with Gasteiger partial charge >= 0.3 is 6.03 Å². The molecule has 1 fully saturated rings. The first kappa shape index (κ1) is 22.3. The van der Waals surface area contributed by atoms with Crippen LogP contribution in [0.1, 0.15) is 33.5 Å². The Bertz CT molecular complexity index is 1330. The fourth-order valence-electron chi connectivity index (χ4n) is 4.60. The second-order valence-electron chi connectivity index (χ2n) is 8.55. The number of carbonyl (C=O) groups excluding carboxylic acids is 4. The number of carbonyl (C=O) groups is 4. The van der Waals surface area contributed by atoms with Crippen molar-refractivity contribution in [1.29, 1.82) is 0 Å². The molecule has 35 heavy (non-hydrogen) atoms. The molecule has 9 heteroatoms. The van der Waals surface area contributed by atoms with Gasteiger partial charge in [-0.05, 0) is 53.8 Å². The molecule has 1 spiro atoms. The molecule has 5 amide bonds.